The molecule has 0 fully saturated rings. The molecule has 0 unspecified atom stereocenters. The fourth-order valence-corrected chi connectivity index (χ4v) is 1.61. The van der Waals surface area contributed by atoms with Crippen molar-refractivity contribution in [1.29, 1.82) is 0 Å². The average Bonchev–Trinajstić information content (AvgIpc) is 2.36. The van der Waals surface area contributed by atoms with E-state index in [0.717, 1.165) is 25.2 Å². The van der Waals surface area contributed by atoms with Crippen LogP contribution < -0.4 is 16.2 Å². The minimum absolute atomic E-state index is 0.144. The first-order valence-electron chi connectivity index (χ1n) is 6.49. The second-order valence-corrected chi connectivity index (χ2v) is 4.26. The van der Waals surface area contributed by atoms with Crippen molar-refractivity contribution in [2.24, 2.45) is 16.5 Å². The zero-order chi connectivity index (χ0) is 13.2. The van der Waals surface area contributed by atoms with Crippen molar-refractivity contribution in [2.45, 2.75) is 32.6 Å². The van der Waals surface area contributed by atoms with Crippen molar-refractivity contribution in [2.75, 3.05) is 13.2 Å². The Bertz CT molecular complexity index is 356. The van der Waals surface area contributed by atoms with Gasteiger partial charge in [-0.05, 0) is 30.5 Å². The van der Waals surface area contributed by atoms with Crippen LogP contribution in [0.3, 0.4) is 0 Å². The second kappa shape index (κ2) is 8.39. The first-order chi connectivity index (χ1) is 8.72. The quantitative estimate of drug-likeness (QED) is 0.421. The SMILES string of the molecule is CCCCCOc1ccc(CCN=C(N)N)cc1. The van der Waals surface area contributed by atoms with Crippen molar-refractivity contribution in [3.05, 3.63) is 29.8 Å². The maximum Gasteiger partial charge on any atom is 0.185 e. The van der Waals surface area contributed by atoms with Gasteiger partial charge in [0.2, 0.25) is 0 Å². The van der Waals surface area contributed by atoms with Gasteiger partial charge in [0.05, 0.1) is 6.61 Å². The number of benzene rings is 1. The molecule has 0 spiro atoms. The smallest absolute Gasteiger partial charge is 0.185 e. The lowest BCUT2D eigenvalue weighted by atomic mass is 10.1. The van der Waals surface area contributed by atoms with E-state index >= 15 is 0 Å². The zero-order valence-corrected chi connectivity index (χ0v) is 11.1. The summed E-state index contributed by atoms with van der Waals surface area (Å²) in [5.74, 6) is 1.07. The number of hydrogen-bond acceptors (Lipinski definition) is 2. The summed E-state index contributed by atoms with van der Waals surface area (Å²) in [5, 5.41) is 0. The Kier molecular flexibility index (Phi) is 6.69. The van der Waals surface area contributed by atoms with Crippen LogP contribution in [0.25, 0.3) is 0 Å². The molecule has 0 heterocycles. The molecule has 4 heteroatoms. The molecule has 0 atom stereocenters. The lowest BCUT2D eigenvalue weighted by molar-refractivity contribution is 0.306. The highest BCUT2D eigenvalue weighted by atomic mass is 16.5. The van der Waals surface area contributed by atoms with Gasteiger partial charge in [0.1, 0.15) is 5.75 Å². The minimum atomic E-state index is 0.144. The number of ether oxygens (including phenoxy) is 1. The van der Waals surface area contributed by atoms with Gasteiger partial charge in [0.25, 0.3) is 0 Å². The summed E-state index contributed by atoms with van der Waals surface area (Å²) in [6.07, 6.45) is 4.39. The van der Waals surface area contributed by atoms with Crippen molar-refractivity contribution in [1.82, 2.24) is 0 Å². The molecule has 1 aromatic rings. The van der Waals surface area contributed by atoms with Crippen LogP contribution in [0.4, 0.5) is 0 Å². The van der Waals surface area contributed by atoms with E-state index in [0.29, 0.717) is 6.54 Å². The Morgan fingerprint density at radius 2 is 1.89 bits per heavy atom. The van der Waals surface area contributed by atoms with Crippen LogP contribution in [0.2, 0.25) is 0 Å². The first-order valence-corrected chi connectivity index (χ1v) is 6.49. The summed E-state index contributed by atoms with van der Waals surface area (Å²) in [4.78, 5) is 3.95. The Balaban J connectivity index is 2.31. The standard InChI is InChI=1S/C14H23N3O/c1-2-3-4-11-18-13-7-5-12(6-8-13)9-10-17-14(15)16/h5-8H,2-4,9-11H2,1H3,(H4,15,16,17). The molecule has 1 rings (SSSR count). The normalized spacial score (nSPS) is 10.1. The highest BCUT2D eigenvalue weighted by Crippen LogP contribution is 2.13. The summed E-state index contributed by atoms with van der Waals surface area (Å²) in [7, 11) is 0. The molecule has 0 aromatic heterocycles. The van der Waals surface area contributed by atoms with Gasteiger partial charge in [-0.15, -0.1) is 0 Å². The van der Waals surface area contributed by atoms with Gasteiger partial charge in [-0.3, -0.25) is 4.99 Å². The molecule has 0 aliphatic carbocycles. The van der Waals surface area contributed by atoms with Gasteiger partial charge in [0.15, 0.2) is 5.96 Å². The Labute approximate surface area is 109 Å². The van der Waals surface area contributed by atoms with Gasteiger partial charge in [-0.25, -0.2) is 0 Å². The third-order valence-corrected chi connectivity index (χ3v) is 2.63. The molecule has 0 radical (unpaired) electrons. The Hall–Kier alpha value is -1.71. The van der Waals surface area contributed by atoms with Crippen LogP contribution in [0.5, 0.6) is 5.75 Å². The molecular weight excluding hydrogens is 226 g/mol. The first kappa shape index (κ1) is 14.4. The summed E-state index contributed by atoms with van der Waals surface area (Å²) < 4.78 is 5.64. The lowest BCUT2D eigenvalue weighted by Gasteiger charge is -2.06. The number of aliphatic imine (C=N–C) groups is 1. The predicted octanol–water partition coefficient (Wildman–Crippen LogP) is 2.07. The van der Waals surface area contributed by atoms with E-state index < -0.39 is 0 Å². The molecule has 1 aromatic carbocycles. The van der Waals surface area contributed by atoms with E-state index in [1.165, 1.54) is 18.4 Å². The number of rotatable bonds is 8. The molecule has 0 saturated heterocycles. The molecule has 4 N–H and O–H groups in total. The highest BCUT2D eigenvalue weighted by Gasteiger charge is 1.96. The monoisotopic (exact) mass is 249 g/mol. The van der Waals surface area contributed by atoms with E-state index in [2.05, 4.69) is 24.0 Å². The fraction of sp³-hybridized carbons (Fsp3) is 0.500. The van der Waals surface area contributed by atoms with Gasteiger partial charge in [-0.1, -0.05) is 31.9 Å². The molecule has 0 bridgehead atoms. The summed E-state index contributed by atoms with van der Waals surface area (Å²) in [6, 6.07) is 8.10. The van der Waals surface area contributed by atoms with E-state index in [4.69, 9.17) is 16.2 Å². The van der Waals surface area contributed by atoms with Gasteiger partial charge in [-0.2, -0.15) is 0 Å². The molecule has 4 nitrogen and oxygen atoms in total. The second-order valence-electron chi connectivity index (χ2n) is 4.26. The number of unbranched alkanes of at least 4 members (excludes halogenated alkanes) is 2. The Morgan fingerprint density at radius 3 is 2.50 bits per heavy atom. The van der Waals surface area contributed by atoms with Crippen LogP contribution in [-0.4, -0.2) is 19.1 Å². The number of guanidine groups is 1. The molecular formula is C14H23N3O. The van der Waals surface area contributed by atoms with Crippen LogP contribution >= 0.6 is 0 Å². The summed E-state index contributed by atoms with van der Waals surface area (Å²) >= 11 is 0. The van der Waals surface area contributed by atoms with Crippen molar-refractivity contribution < 1.29 is 4.74 Å². The molecule has 18 heavy (non-hydrogen) atoms. The summed E-state index contributed by atoms with van der Waals surface area (Å²) in [5.41, 5.74) is 11.7. The number of nitrogens with two attached hydrogens (primary N) is 2. The molecule has 0 saturated carbocycles. The predicted molar refractivity (Wildman–Crippen MR) is 75.8 cm³/mol. The maximum atomic E-state index is 5.64. The van der Waals surface area contributed by atoms with Crippen LogP contribution in [-0.2, 0) is 6.42 Å². The summed E-state index contributed by atoms with van der Waals surface area (Å²) in [6.45, 7) is 3.60. The Morgan fingerprint density at radius 1 is 1.17 bits per heavy atom. The van der Waals surface area contributed by atoms with Crippen LogP contribution in [0.1, 0.15) is 31.7 Å². The molecule has 100 valence electrons. The third kappa shape index (κ3) is 6.13. The highest BCUT2D eigenvalue weighted by molar-refractivity contribution is 5.75. The lowest BCUT2D eigenvalue weighted by Crippen LogP contribution is -2.23. The zero-order valence-electron chi connectivity index (χ0n) is 11.1. The van der Waals surface area contributed by atoms with Crippen LogP contribution in [0, 0.1) is 0 Å². The van der Waals surface area contributed by atoms with Crippen molar-refractivity contribution >= 4 is 5.96 Å². The maximum absolute atomic E-state index is 5.64. The van der Waals surface area contributed by atoms with E-state index in [-0.39, 0.29) is 5.96 Å². The molecule has 0 amide bonds. The average molecular weight is 249 g/mol. The number of nitrogens with zero attached hydrogens (tertiary/aromatic N) is 1. The topological polar surface area (TPSA) is 73.6 Å². The van der Waals surface area contributed by atoms with Gasteiger partial charge < -0.3 is 16.2 Å². The van der Waals surface area contributed by atoms with Gasteiger partial charge in [0, 0.05) is 6.54 Å². The van der Waals surface area contributed by atoms with E-state index in [1.54, 1.807) is 0 Å². The van der Waals surface area contributed by atoms with Crippen LogP contribution in [0.15, 0.2) is 29.3 Å². The van der Waals surface area contributed by atoms with Crippen molar-refractivity contribution in [3.8, 4) is 5.75 Å². The van der Waals surface area contributed by atoms with E-state index in [1.807, 2.05) is 12.1 Å². The number of hydrogen-bond donors (Lipinski definition) is 2. The fourth-order valence-electron chi connectivity index (χ4n) is 1.61. The third-order valence-electron chi connectivity index (χ3n) is 2.63. The molecule has 0 aliphatic rings. The van der Waals surface area contributed by atoms with Gasteiger partial charge >= 0.3 is 0 Å². The van der Waals surface area contributed by atoms with E-state index in [9.17, 15) is 0 Å². The molecule has 0 aliphatic heterocycles. The largest absolute Gasteiger partial charge is 0.494 e. The minimum Gasteiger partial charge on any atom is -0.494 e. The van der Waals surface area contributed by atoms with Crippen molar-refractivity contribution in [3.63, 3.8) is 0 Å².